The number of carbonyl (C=O) groups excluding carboxylic acids is 2. The van der Waals surface area contributed by atoms with E-state index in [0.29, 0.717) is 18.4 Å². The van der Waals surface area contributed by atoms with E-state index in [0.717, 1.165) is 4.88 Å². The van der Waals surface area contributed by atoms with Gasteiger partial charge < -0.3 is 5.32 Å². The van der Waals surface area contributed by atoms with Crippen LogP contribution in [0.25, 0.3) is 0 Å². The van der Waals surface area contributed by atoms with Crippen molar-refractivity contribution in [3.8, 4) is 0 Å². The van der Waals surface area contributed by atoms with Crippen LogP contribution in [0.1, 0.15) is 28.6 Å². The first-order valence-corrected chi connectivity index (χ1v) is 7.43. The van der Waals surface area contributed by atoms with Crippen LogP contribution in [-0.2, 0) is 11.2 Å². The van der Waals surface area contributed by atoms with Crippen LogP contribution in [0.3, 0.4) is 0 Å². The standard InChI is InChI=1S/C16H17NO2S/c1-12(10-15(18)13-6-3-2-4-7-13)17-16(19)11-14-8-5-9-20-14/h2-9,12H,10-11H2,1H3,(H,17,19)/t12-/m0/s1. The predicted octanol–water partition coefficient (Wildman–Crippen LogP) is 3.07. The van der Waals surface area contributed by atoms with Gasteiger partial charge >= 0.3 is 0 Å². The SMILES string of the molecule is C[C@@H](CC(=O)c1ccccc1)NC(=O)Cc1cccs1. The van der Waals surface area contributed by atoms with E-state index in [9.17, 15) is 9.59 Å². The maximum Gasteiger partial charge on any atom is 0.225 e. The minimum Gasteiger partial charge on any atom is -0.353 e. The summed E-state index contributed by atoms with van der Waals surface area (Å²) < 4.78 is 0. The van der Waals surface area contributed by atoms with E-state index in [4.69, 9.17) is 0 Å². The molecule has 0 radical (unpaired) electrons. The lowest BCUT2D eigenvalue weighted by atomic mass is 10.0. The lowest BCUT2D eigenvalue weighted by Crippen LogP contribution is -2.35. The summed E-state index contributed by atoms with van der Waals surface area (Å²) in [5.74, 6) is 0.00957. The van der Waals surface area contributed by atoms with E-state index in [2.05, 4.69) is 5.32 Å². The van der Waals surface area contributed by atoms with Gasteiger partial charge in [0.05, 0.1) is 6.42 Å². The van der Waals surface area contributed by atoms with E-state index in [-0.39, 0.29) is 17.7 Å². The van der Waals surface area contributed by atoms with E-state index in [1.54, 1.807) is 23.5 Å². The van der Waals surface area contributed by atoms with Gasteiger partial charge in [-0.05, 0) is 18.4 Å². The molecular formula is C16H17NO2S. The highest BCUT2D eigenvalue weighted by atomic mass is 32.1. The molecule has 1 amide bonds. The smallest absolute Gasteiger partial charge is 0.225 e. The highest BCUT2D eigenvalue weighted by Crippen LogP contribution is 2.10. The van der Waals surface area contributed by atoms with Gasteiger partial charge in [0, 0.05) is 22.9 Å². The fourth-order valence-electron chi connectivity index (χ4n) is 1.97. The normalized spacial score (nSPS) is 11.8. The van der Waals surface area contributed by atoms with Crippen molar-refractivity contribution >= 4 is 23.0 Å². The summed E-state index contributed by atoms with van der Waals surface area (Å²) in [6.45, 7) is 1.85. The van der Waals surface area contributed by atoms with Crippen LogP contribution in [-0.4, -0.2) is 17.7 Å². The van der Waals surface area contributed by atoms with Gasteiger partial charge in [-0.25, -0.2) is 0 Å². The summed E-state index contributed by atoms with van der Waals surface area (Å²) in [5, 5.41) is 4.82. The molecule has 20 heavy (non-hydrogen) atoms. The number of hydrogen-bond donors (Lipinski definition) is 1. The topological polar surface area (TPSA) is 46.2 Å². The third-order valence-corrected chi connectivity index (χ3v) is 3.79. The van der Waals surface area contributed by atoms with Crippen molar-refractivity contribution < 1.29 is 9.59 Å². The highest BCUT2D eigenvalue weighted by Gasteiger charge is 2.13. The quantitative estimate of drug-likeness (QED) is 0.830. The average molecular weight is 287 g/mol. The number of benzene rings is 1. The van der Waals surface area contributed by atoms with Crippen molar-refractivity contribution in [2.45, 2.75) is 25.8 Å². The zero-order valence-corrected chi connectivity index (χ0v) is 12.2. The minimum absolute atomic E-state index is 0.0409. The van der Waals surface area contributed by atoms with Gasteiger partial charge in [0.15, 0.2) is 5.78 Å². The molecular weight excluding hydrogens is 270 g/mol. The molecule has 0 aliphatic heterocycles. The number of amides is 1. The summed E-state index contributed by atoms with van der Waals surface area (Å²) in [4.78, 5) is 24.9. The molecule has 1 N–H and O–H groups in total. The zero-order chi connectivity index (χ0) is 14.4. The fraction of sp³-hybridized carbons (Fsp3) is 0.250. The molecule has 0 aliphatic rings. The third-order valence-electron chi connectivity index (χ3n) is 2.91. The monoisotopic (exact) mass is 287 g/mol. The lowest BCUT2D eigenvalue weighted by Gasteiger charge is -2.12. The summed E-state index contributed by atoms with van der Waals surface area (Å²) in [5.41, 5.74) is 0.687. The number of nitrogens with one attached hydrogen (secondary N) is 1. The Morgan fingerprint density at radius 3 is 2.55 bits per heavy atom. The van der Waals surface area contributed by atoms with Crippen molar-refractivity contribution in [3.63, 3.8) is 0 Å². The van der Waals surface area contributed by atoms with Gasteiger partial charge in [-0.3, -0.25) is 9.59 Å². The second kappa shape index (κ2) is 7.01. The van der Waals surface area contributed by atoms with Gasteiger partial charge in [-0.2, -0.15) is 0 Å². The molecule has 1 atom stereocenters. The average Bonchev–Trinajstić information content (AvgIpc) is 2.92. The maximum absolute atomic E-state index is 12.0. The van der Waals surface area contributed by atoms with Crippen LogP contribution in [0.15, 0.2) is 47.8 Å². The summed E-state index contributed by atoms with van der Waals surface area (Å²) in [6.07, 6.45) is 0.696. The van der Waals surface area contributed by atoms with E-state index < -0.39 is 0 Å². The molecule has 2 rings (SSSR count). The summed E-state index contributed by atoms with van der Waals surface area (Å²) in [7, 11) is 0. The Labute approximate surface area is 122 Å². The first-order chi connectivity index (χ1) is 9.65. The van der Waals surface area contributed by atoms with Crippen molar-refractivity contribution in [1.82, 2.24) is 5.32 Å². The zero-order valence-electron chi connectivity index (χ0n) is 11.3. The second-order valence-corrected chi connectivity index (χ2v) is 5.75. The Balaban J connectivity index is 1.81. The molecule has 2 aromatic rings. The van der Waals surface area contributed by atoms with Gasteiger partial charge in [-0.1, -0.05) is 36.4 Å². The number of carbonyl (C=O) groups is 2. The molecule has 0 spiro atoms. The van der Waals surface area contributed by atoms with Gasteiger partial charge in [0.2, 0.25) is 5.91 Å². The molecule has 0 saturated carbocycles. The molecule has 0 bridgehead atoms. The van der Waals surface area contributed by atoms with Crippen molar-refractivity contribution in [3.05, 3.63) is 58.3 Å². The van der Waals surface area contributed by atoms with Crippen LogP contribution >= 0.6 is 11.3 Å². The number of hydrogen-bond acceptors (Lipinski definition) is 3. The number of thiophene rings is 1. The Morgan fingerprint density at radius 1 is 1.15 bits per heavy atom. The Bertz CT molecular complexity index is 563. The van der Waals surface area contributed by atoms with Crippen LogP contribution in [0, 0.1) is 0 Å². The fourth-order valence-corrected chi connectivity index (χ4v) is 2.67. The molecule has 1 heterocycles. The van der Waals surface area contributed by atoms with E-state index >= 15 is 0 Å². The number of rotatable bonds is 6. The van der Waals surface area contributed by atoms with Gasteiger partial charge in [0.25, 0.3) is 0 Å². The number of Topliss-reactive ketones (excluding diaryl/α,β-unsaturated/α-hetero) is 1. The van der Waals surface area contributed by atoms with E-state index in [1.165, 1.54) is 0 Å². The van der Waals surface area contributed by atoms with Crippen LogP contribution in [0.2, 0.25) is 0 Å². The molecule has 104 valence electrons. The van der Waals surface area contributed by atoms with Crippen molar-refractivity contribution in [1.29, 1.82) is 0 Å². The minimum atomic E-state index is -0.157. The van der Waals surface area contributed by atoms with Crippen LogP contribution < -0.4 is 5.32 Å². The van der Waals surface area contributed by atoms with E-state index in [1.807, 2.05) is 42.6 Å². The molecule has 4 heteroatoms. The van der Waals surface area contributed by atoms with Gasteiger partial charge in [-0.15, -0.1) is 11.3 Å². The van der Waals surface area contributed by atoms with Crippen molar-refractivity contribution in [2.75, 3.05) is 0 Å². The first kappa shape index (κ1) is 14.5. The third kappa shape index (κ3) is 4.31. The van der Waals surface area contributed by atoms with Crippen LogP contribution in [0.4, 0.5) is 0 Å². The van der Waals surface area contributed by atoms with Crippen LogP contribution in [0.5, 0.6) is 0 Å². The Kier molecular flexibility index (Phi) is 5.07. The molecule has 0 aliphatic carbocycles. The molecule has 0 saturated heterocycles. The van der Waals surface area contributed by atoms with Crippen molar-refractivity contribution in [2.24, 2.45) is 0 Å². The molecule has 3 nitrogen and oxygen atoms in total. The lowest BCUT2D eigenvalue weighted by molar-refractivity contribution is -0.120. The molecule has 1 aromatic heterocycles. The first-order valence-electron chi connectivity index (χ1n) is 6.55. The Hall–Kier alpha value is -1.94. The number of ketones is 1. The molecule has 0 unspecified atom stereocenters. The molecule has 0 fully saturated rings. The molecule has 1 aromatic carbocycles. The van der Waals surface area contributed by atoms with Gasteiger partial charge in [0.1, 0.15) is 0 Å². The highest BCUT2D eigenvalue weighted by molar-refractivity contribution is 7.10. The Morgan fingerprint density at radius 2 is 1.90 bits per heavy atom. The predicted molar refractivity (Wildman–Crippen MR) is 81.0 cm³/mol. The largest absolute Gasteiger partial charge is 0.353 e. The second-order valence-electron chi connectivity index (χ2n) is 4.72. The summed E-state index contributed by atoms with van der Waals surface area (Å²) in [6, 6.07) is 12.9. The maximum atomic E-state index is 12.0. The summed E-state index contributed by atoms with van der Waals surface area (Å²) >= 11 is 1.56.